The highest BCUT2D eigenvalue weighted by Gasteiger charge is 2.34. The minimum Gasteiger partial charge on any atom is -0.432 e. The van der Waals surface area contributed by atoms with Gasteiger partial charge in [-0.05, 0) is 67.0 Å². The van der Waals surface area contributed by atoms with Crippen LogP contribution in [0, 0.1) is 0 Å². The van der Waals surface area contributed by atoms with Gasteiger partial charge < -0.3 is 20.4 Å². The van der Waals surface area contributed by atoms with Crippen LogP contribution < -0.4 is 10.5 Å². The average molecular weight is 442 g/mol. The standard InChI is InChI=1S/C26H23N3O2S/c1-16(30)17-7-9-18(10-8-17)25-24-21(22-15-19(27)11-12-23(22)28-24)13-14-29(25)26(32)31-20-5-3-2-4-6-20/h2-12,15,25,28H,13-14,27H2,1H3. The number of ether oxygens (including phenoxy) is 1. The molecule has 3 N–H and O–H groups in total. The van der Waals surface area contributed by atoms with Gasteiger partial charge in [-0.3, -0.25) is 4.79 Å². The Hall–Kier alpha value is -3.64. The molecule has 5 nitrogen and oxygen atoms in total. The second-order valence-corrected chi connectivity index (χ2v) is 8.38. The zero-order valence-corrected chi connectivity index (χ0v) is 18.5. The van der Waals surface area contributed by atoms with Crippen LogP contribution in [-0.2, 0) is 6.42 Å². The molecule has 1 atom stereocenters. The summed E-state index contributed by atoms with van der Waals surface area (Å²) in [7, 11) is 0. The van der Waals surface area contributed by atoms with E-state index in [0.29, 0.717) is 23.0 Å². The number of carbonyl (C=O) groups excluding carboxylic acids is 1. The van der Waals surface area contributed by atoms with Crippen molar-refractivity contribution in [1.29, 1.82) is 0 Å². The summed E-state index contributed by atoms with van der Waals surface area (Å²) < 4.78 is 6.05. The number of H-pyrrole nitrogens is 1. The van der Waals surface area contributed by atoms with E-state index >= 15 is 0 Å². The zero-order valence-electron chi connectivity index (χ0n) is 17.7. The molecule has 4 aromatic rings. The number of fused-ring (bicyclic) bond motifs is 3. The highest BCUT2D eigenvalue weighted by atomic mass is 32.1. The second-order valence-electron chi connectivity index (χ2n) is 8.03. The molecule has 1 unspecified atom stereocenters. The summed E-state index contributed by atoms with van der Waals surface area (Å²) in [6.45, 7) is 2.28. The van der Waals surface area contributed by atoms with E-state index in [9.17, 15) is 4.79 Å². The van der Waals surface area contributed by atoms with Crippen molar-refractivity contribution >= 4 is 39.8 Å². The van der Waals surface area contributed by atoms with E-state index in [4.69, 9.17) is 22.7 Å². The van der Waals surface area contributed by atoms with E-state index in [0.717, 1.165) is 34.3 Å². The van der Waals surface area contributed by atoms with Crippen molar-refractivity contribution in [2.75, 3.05) is 12.3 Å². The van der Waals surface area contributed by atoms with E-state index in [-0.39, 0.29) is 11.8 Å². The van der Waals surface area contributed by atoms with E-state index in [1.807, 2.05) is 72.8 Å². The molecular weight excluding hydrogens is 418 g/mol. The van der Waals surface area contributed by atoms with Crippen LogP contribution in [0.15, 0.2) is 72.8 Å². The minimum atomic E-state index is -0.162. The fraction of sp³-hybridized carbons (Fsp3) is 0.154. The Morgan fingerprint density at radius 2 is 1.84 bits per heavy atom. The lowest BCUT2D eigenvalue weighted by atomic mass is 9.92. The summed E-state index contributed by atoms with van der Waals surface area (Å²) in [6.07, 6.45) is 0.819. The molecule has 0 saturated heterocycles. The molecule has 2 heterocycles. The van der Waals surface area contributed by atoms with Gasteiger partial charge in [0.1, 0.15) is 5.75 Å². The maximum atomic E-state index is 11.8. The SMILES string of the molecule is CC(=O)c1ccc(C2c3[nH]c4ccc(N)cc4c3CCN2C(=S)Oc2ccccc2)cc1. The number of hydrogen-bond donors (Lipinski definition) is 2. The molecule has 0 spiro atoms. The van der Waals surface area contributed by atoms with Gasteiger partial charge >= 0.3 is 0 Å². The molecule has 32 heavy (non-hydrogen) atoms. The van der Waals surface area contributed by atoms with Crippen LogP contribution in [0.4, 0.5) is 5.69 Å². The van der Waals surface area contributed by atoms with Gasteiger partial charge in [-0.25, -0.2) is 0 Å². The van der Waals surface area contributed by atoms with Gasteiger partial charge in [-0.1, -0.05) is 42.5 Å². The first-order chi connectivity index (χ1) is 15.5. The maximum absolute atomic E-state index is 11.8. The number of hydrogen-bond acceptors (Lipinski definition) is 4. The minimum absolute atomic E-state index is 0.0433. The Balaban J connectivity index is 1.60. The number of nitrogens with one attached hydrogen (secondary N) is 1. The molecule has 160 valence electrons. The van der Waals surface area contributed by atoms with Crippen LogP contribution in [0.25, 0.3) is 10.9 Å². The number of nitrogen functional groups attached to an aromatic ring is 1. The molecule has 5 rings (SSSR count). The lowest BCUT2D eigenvalue weighted by molar-refractivity contribution is 0.101. The summed E-state index contributed by atoms with van der Waals surface area (Å²) in [5.41, 5.74) is 11.9. The second kappa shape index (κ2) is 8.13. The molecule has 0 bridgehead atoms. The van der Waals surface area contributed by atoms with Crippen molar-refractivity contribution in [2.45, 2.75) is 19.4 Å². The first-order valence-electron chi connectivity index (χ1n) is 10.6. The Bertz CT molecular complexity index is 1310. The van der Waals surface area contributed by atoms with Crippen LogP contribution in [-0.4, -0.2) is 27.4 Å². The largest absolute Gasteiger partial charge is 0.432 e. The number of nitrogens with zero attached hydrogens (tertiary/aromatic N) is 1. The molecule has 0 radical (unpaired) electrons. The summed E-state index contributed by atoms with van der Waals surface area (Å²) in [6, 6.07) is 23.1. The maximum Gasteiger partial charge on any atom is 0.265 e. The highest BCUT2D eigenvalue weighted by Crippen LogP contribution is 2.39. The highest BCUT2D eigenvalue weighted by molar-refractivity contribution is 7.80. The zero-order chi connectivity index (χ0) is 22.2. The number of para-hydroxylation sites is 1. The van der Waals surface area contributed by atoms with Crippen molar-refractivity contribution in [3.63, 3.8) is 0 Å². The van der Waals surface area contributed by atoms with Gasteiger partial charge in [-0.15, -0.1) is 0 Å². The molecule has 1 aliphatic rings. The third-order valence-electron chi connectivity index (χ3n) is 5.97. The molecule has 1 aliphatic heterocycles. The third-order valence-corrected chi connectivity index (χ3v) is 6.28. The van der Waals surface area contributed by atoms with Gasteiger partial charge in [0, 0.05) is 34.4 Å². The van der Waals surface area contributed by atoms with Crippen LogP contribution in [0.1, 0.15) is 40.1 Å². The Morgan fingerprint density at radius 3 is 2.56 bits per heavy atom. The molecule has 0 amide bonds. The monoisotopic (exact) mass is 441 g/mol. The topological polar surface area (TPSA) is 71.3 Å². The van der Waals surface area contributed by atoms with Gasteiger partial charge in [0.2, 0.25) is 0 Å². The van der Waals surface area contributed by atoms with Crippen LogP contribution >= 0.6 is 12.2 Å². The predicted molar refractivity (Wildman–Crippen MR) is 131 cm³/mol. The van der Waals surface area contributed by atoms with Crippen molar-refractivity contribution in [3.8, 4) is 5.75 Å². The molecule has 6 heteroatoms. The number of carbonyl (C=O) groups is 1. The summed E-state index contributed by atoms with van der Waals surface area (Å²) in [5.74, 6) is 0.750. The van der Waals surface area contributed by atoms with Crippen molar-refractivity contribution in [2.24, 2.45) is 0 Å². The molecule has 0 aliphatic carbocycles. The van der Waals surface area contributed by atoms with Crippen LogP contribution in [0.2, 0.25) is 0 Å². The Morgan fingerprint density at radius 1 is 1.09 bits per heavy atom. The fourth-order valence-electron chi connectivity index (χ4n) is 4.40. The van der Waals surface area contributed by atoms with Gasteiger partial charge in [0.15, 0.2) is 5.78 Å². The number of benzene rings is 3. The molecule has 0 fully saturated rings. The smallest absolute Gasteiger partial charge is 0.265 e. The van der Waals surface area contributed by atoms with Gasteiger partial charge in [0.25, 0.3) is 5.17 Å². The van der Waals surface area contributed by atoms with E-state index in [1.54, 1.807) is 6.92 Å². The molecule has 0 saturated carbocycles. The summed E-state index contributed by atoms with van der Waals surface area (Å²) in [4.78, 5) is 17.5. The van der Waals surface area contributed by atoms with Crippen LogP contribution in [0.3, 0.4) is 0 Å². The lowest BCUT2D eigenvalue weighted by Crippen LogP contribution is -2.42. The van der Waals surface area contributed by atoms with Crippen molar-refractivity contribution < 1.29 is 9.53 Å². The number of thiocarbonyl (C=S) groups is 1. The summed E-state index contributed by atoms with van der Waals surface area (Å²) in [5, 5.41) is 1.56. The normalized spacial score (nSPS) is 15.4. The number of anilines is 1. The number of Topliss-reactive ketones (excluding diaryl/α,β-unsaturated/α-hetero) is 1. The third kappa shape index (κ3) is 3.63. The first kappa shape index (κ1) is 20.3. The number of aromatic amines is 1. The fourth-order valence-corrected chi connectivity index (χ4v) is 4.69. The van der Waals surface area contributed by atoms with E-state index in [2.05, 4.69) is 9.88 Å². The van der Waals surface area contributed by atoms with Crippen LogP contribution in [0.5, 0.6) is 5.75 Å². The van der Waals surface area contributed by atoms with E-state index in [1.165, 1.54) is 5.56 Å². The number of nitrogens with two attached hydrogens (primary N) is 1. The lowest BCUT2D eigenvalue weighted by Gasteiger charge is -2.37. The molecule has 3 aromatic carbocycles. The molecular formula is C26H23N3O2S. The van der Waals surface area contributed by atoms with E-state index < -0.39 is 0 Å². The van der Waals surface area contributed by atoms with Crippen molar-refractivity contribution in [3.05, 3.63) is 95.2 Å². The average Bonchev–Trinajstić information content (AvgIpc) is 3.17. The number of rotatable bonds is 3. The number of ketones is 1. The van der Waals surface area contributed by atoms with Gasteiger partial charge in [-0.2, -0.15) is 0 Å². The number of aromatic nitrogens is 1. The Kier molecular flexibility index (Phi) is 5.15. The summed E-state index contributed by atoms with van der Waals surface area (Å²) >= 11 is 5.75. The first-order valence-corrected chi connectivity index (χ1v) is 11.0. The van der Waals surface area contributed by atoms with Crippen molar-refractivity contribution in [1.82, 2.24) is 9.88 Å². The molecule has 1 aromatic heterocycles. The predicted octanol–water partition coefficient (Wildman–Crippen LogP) is 5.26. The van der Waals surface area contributed by atoms with Gasteiger partial charge in [0.05, 0.1) is 6.04 Å². The quantitative estimate of drug-likeness (QED) is 0.258. The Labute approximate surface area is 191 Å².